The SMILES string of the molecule is COCCn1cc(NS(=O)(=O)c2ccc(Br)c(N)c2)cn1. The van der Waals surface area contributed by atoms with Gasteiger partial charge >= 0.3 is 0 Å². The molecule has 0 saturated heterocycles. The molecule has 2 rings (SSSR count). The van der Waals surface area contributed by atoms with Crippen molar-refractivity contribution in [3.05, 3.63) is 35.1 Å². The van der Waals surface area contributed by atoms with Gasteiger partial charge in [0.25, 0.3) is 10.0 Å². The van der Waals surface area contributed by atoms with Gasteiger partial charge in [-0.2, -0.15) is 5.10 Å². The molecule has 0 spiro atoms. The molecule has 0 atom stereocenters. The van der Waals surface area contributed by atoms with Crippen molar-refractivity contribution in [2.24, 2.45) is 0 Å². The van der Waals surface area contributed by atoms with Gasteiger partial charge in [0.15, 0.2) is 0 Å². The highest BCUT2D eigenvalue weighted by molar-refractivity contribution is 9.10. The van der Waals surface area contributed by atoms with Gasteiger partial charge in [-0.15, -0.1) is 0 Å². The first-order valence-electron chi connectivity index (χ1n) is 6.01. The zero-order valence-corrected chi connectivity index (χ0v) is 13.7. The van der Waals surface area contributed by atoms with E-state index in [9.17, 15) is 8.42 Å². The number of aromatic nitrogens is 2. The number of hydrogen-bond donors (Lipinski definition) is 2. The Bertz CT molecular complexity index is 730. The maximum Gasteiger partial charge on any atom is 0.262 e. The summed E-state index contributed by atoms with van der Waals surface area (Å²) in [7, 11) is -2.11. The second kappa shape index (κ2) is 6.46. The Morgan fingerprint density at radius 3 is 2.90 bits per heavy atom. The smallest absolute Gasteiger partial charge is 0.262 e. The summed E-state index contributed by atoms with van der Waals surface area (Å²) in [5.41, 5.74) is 6.44. The summed E-state index contributed by atoms with van der Waals surface area (Å²) in [6, 6.07) is 4.45. The number of ether oxygens (including phenoxy) is 1. The zero-order chi connectivity index (χ0) is 15.5. The average Bonchev–Trinajstić information content (AvgIpc) is 2.86. The van der Waals surface area contributed by atoms with E-state index in [1.807, 2.05) is 0 Å². The van der Waals surface area contributed by atoms with E-state index < -0.39 is 10.0 Å². The van der Waals surface area contributed by atoms with Crippen LogP contribution in [0.4, 0.5) is 11.4 Å². The van der Waals surface area contributed by atoms with Crippen molar-refractivity contribution in [3.63, 3.8) is 0 Å². The largest absolute Gasteiger partial charge is 0.398 e. The minimum atomic E-state index is -3.70. The van der Waals surface area contributed by atoms with Gasteiger partial charge in [0, 0.05) is 23.5 Å². The molecular weight excluding hydrogens is 360 g/mol. The Hall–Kier alpha value is -1.58. The molecule has 0 bridgehead atoms. The van der Waals surface area contributed by atoms with Crippen molar-refractivity contribution in [2.45, 2.75) is 11.4 Å². The van der Waals surface area contributed by atoms with E-state index in [0.29, 0.717) is 29.0 Å². The topological polar surface area (TPSA) is 99.2 Å². The molecular formula is C12H15BrN4O3S. The highest BCUT2D eigenvalue weighted by Gasteiger charge is 2.16. The summed E-state index contributed by atoms with van der Waals surface area (Å²) in [5, 5.41) is 4.04. The molecule has 9 heteroatoms. The first kappa shape index (κ1) is 15.8. The highest BCUT2D eigenvalue weighted by Crippen LogP contribution is 2.24. The predicted molar refractivity (Wildman–Crippen MR) is 83.5 cm³/mol. The fraction of sp³-hybridized carbons (Fsp3) is 0.250. The summed E-state index contributed by atoms with van der Waals surface area (Å²) in [5.74, 6) is 0. The summed E-state index contributed by atoms with van der Waals surface area (Å²) in [6.07, 6.45) is 3.04. The molecule has 0 aliphatic rings. The lowest BCUT2D eigenvalue weighted by Gasteiger charge is -2.07. The van der Waals surface area contributed by atoms with Crippen LogP contribution in [0.25, 0.3) is 0 Å². The Balaban J connectivity index is 2.16. The fourth-order valence-electron chi connectivity index (χ4n) is 1.63. The molecule has 21 heavy (non-hydrogen) atoms. The van der Waals surface area contributed by atoms with Crippen LogP contribution in [0.1, 0.15) is 0 Å². The van der Waals surface area contributed by atoms with Crippen LogP contribution in [0.2, 0.25) is 0 Å². The average molecular weight is 375 g/mol. The van der Waals surface area contributed by atoms with Crippen LogP contribution >= 0.6 is 15.9 Å². The molecule has 3 N–H and O–H groups in total. The van der Waals surface area contributed by atoms with E-state index in [-0.39, 0.29) is 4.90 Å². The zero-order valence-electron chi connectivity index (χ0n) is 11.3. The van der Waals surface area contributed by atoms with Crippen LogP contribution in [0.3, 0.4) is 0 Å². The minimum absolute atomic E-state index is 0.0906. The van der Waals surface area contributed by atoms with Gasteiger partial charge < -0.3 is 10.5 Å². The minimum Gasteiger partial charge on any atom is -0.398 e. The normalized spacial score (nSPS) is 11.5. The van der Waals surface area contributed by atoms with Gasteiger partial charge in [0.1, 0.15) is 0 Å². The summed E-state index contributed by atoms with van der Waals surface area (Å²) in [6.45, 7) is 1.04. The fourth-order valence-corrected chi connectivity index (χ4v) is 2.94. The lowest BCUT2D eigenvalue weighted by Crippen LogP contribution is -2.13. The summed E-state index contributed by atoms with van der Waals surface area (Å²) >= 11 is 3.22. The third kappa shape index (κ3) is 3.96. The number of nitrogen functional groups attached to an aromatic ring is 1. The number of halogens is 1. The maximum atomic E-state index is 12.2. The van der Waals surface area contributed by atoms with E-state index in [0.717, 1.165) is 0 Å². The molecule has 0 amide bonds. The number of sulfonamides is 1. The van der Waals surface area contributed by atoms with Crippen molar-refractivity contribution in [2.75, 3.05) is 24.2 Å². The Labute approximate surface area is 131 Å². The second-order valence-electron chi connectivity index (χ2n) is 4.27. The van der Waals surface area contributed by atoms with Gasteiger partial charge in [-0.25, -0.2) is 8.42 Å². The molecule has 1 aromatic carbocycles. The lowest BCUT2D eigenvalue weighted by molar-refractivity contribution is 0.183. The number of nitrogens with two attached hydrogens (primary N) is 1. The molecule has 114 valence electrons. The first-order chi connectivity index (χ1) is 9.92. The molecule has 0 saturated carbocycles. The number of methoxy groups -OCH3 is 1. The molecule has 1 heterocycles. The molecule has 0 aliphatic heterocycles. The van der Waals surface area contributed by atoms with Crippen molar-refractivity contribution in [1.82, 2.24) is 9.78 Å². The molecule has 0 unspecified atom stereocenters. The van der Waals surface area contributed by atoms with E-state index in [2.05, 4.69) is 25.8 Å². The van der Waals surface area contributed by atoms with Gasteiger partial charge in [0.05, 0.1) is 29.9 Å². The Morgan fingerprint density at radius 1 is 1.48 bits per heavy atom. The quantitative estimate of drug-likeness (QED) is 0.749. The van der Waals surface area contributed by atoms with Gasteiger partial charge in [-0.3, -0.25) is 9.40 Å². The highest BCUT2D eigenvalue weighted by atomic mass is 79.9. The number of rotatable bonds is 6. The van der Waals surface area contributed by atoms with E-state index in [1.165, 1.54) is 18.3 Å². The van der Waals surface area contributed by atoms with Gasteiger partial charge in [-0.1, -0.05) is 0 Å². The third-order valence-electron chi connectivity index (χ3n) is 2.69. The van der Waals surface area contributed by atoms with Crippen molar-refractivity contribution in [1.29, 1.82) is 0 Å². The number of hydrogen-bond acceptors (Lipinski definition) is 5. The molecule has 0 fully saturated rings. The van der Waals surface area contributed by atoms with E-state index in [1.54, 1.807) is 24.1 Å². The standard InChI is InChI=1S/C12H15BrN4O3S/c1-20-5-4-17-8-9(7-15-17)16-21(18,19)10-2-3-11(13)12(14)6-10/h2-3,6-8,16H,4-5,14H2,1H3. The third-order valence-corrected chi connectivity index (χ3v) is 4.79. The lowest BCUT2D eigenvalue weighted by atomic mass is 10.3. The number of anilines is 2. The van der Waals surface area contributed by atoms with Gasteiger partial charge in [0.2, 0.25) is 0 Å². The van der Waals surface area contributed by atoms with Crippen LogP contribution < -0.4 is 10.5 Å². The Kier molecular flexibility index (Phi) is 4.86. The van der Waals surface area contributed by atoms with Crippen LogP contribution in [-0.2, 0) is 21.3 Å². The molecule has 0 aliphatic carbocycles. The van der Waals surface area contributed by atoms with Crippen LogP contribution in [-0.4, -0.2) is 31.9 Å². The molecule has 1 aromatic heterocycles. The predicted octanol–water partition coefficient (Wildman–Crippen LogP) is 1.68. The van der Waals surface area contributed by atoms with Gasteiger partial charge in [-0.05, 0) is 34.1 Å². The second-order valence-corrected chi connectivity index (χ2v) is 6.81. The van der Waals surface area contributed by atoms with E-state index >= 15 is 0 Å². The van der Waals surface area contributed by atoms with Crippen LogP contribution in [0.15, 0.2) is 40.0 Å². The number of nitrogens with zero attached hydrogens (tertiary/aromatic N) is 2. The number of nitrogens with one attached hydrogen (secondary N) is 1. The summed E-state index contributed by atoms with van der Waals surface area (Å²) < 4.78 is 34.1. The van der Waals surface area contributed by atoms with E-state index in [4.69, 9.17) is 10.5 Å². The van der Waals surface area contributed by atoms with Crippen LogP contribution in [0.5, 0.6) is 0 Å². The Morgan fingerprint density at radius 2 is 2.24 bits per heavy atom. The summed E-state index contributed by atoms with van der Waals surface area (Å²) in [4.78, 5) is 0.0906. The first-order valence-corrected chi connectivity index (χ1v) is 8.29. The van der Waals surface area contributed by atoms with Crippen LogP contribution in [0, 0.1) is 0 Å². The molecule has 2 aromatic rings. The maximum absolute atomic E-state index is 12.2. The van der Waals surface area contributed by atoms with Crippen molar-refractivity contribution >= 4 is 37.3 Å². The monoisotopic (exact) mass is 374 g/mol. The number of benzene rings is 1. The van der Waals surface area contributed by atoms with Crippen molar-refractivity contribution in [3.8, 4) is 0 Å². The van der Waals surface area contributed by atoms with Crippen molar-refractivity contribution < 1.29 is 13.2 Å². The molecule has 0 radical (unpaired) electrons. The molecule has 7 nitrogen and oxygen atoms in total.